The van der Waals surface area contributed by atoms with Crippen molar-refractivity contribution in [3.8, 4) is 27.6 Å². The van der Waals surface area contributed by atoms with Crippen LogP contribution in [0.15, 0.2) is 54.3 Å². The fourth-order valence-corrected chi connectivity index (χ4v) is 5.97. The molecule has 1 saturated heterocycles. The molecule has 0 N–H and O–H groups in total. The van der Waals surface area contributed by atoms with Gasteiger partial charge >= 0.3 is 0 Å². The Bertz CT molecular complexity index is 1460. The number of piperidine rings is 1. The smallest absolute Gasteiger partial charge is 0.140 e. The zero-order valence-corrected chi connectivity index (χ0v) is 20.5. The fourth-order valence-electron chi connectivity index (χ4n) is 5.13. The number of hydrogen-bond donors (Lipinski definition) is 0. The number of fused-ring (bicyclic) bond motifs is 2. The Hall–Kier alpha value is -3.16. The molecule has 34 heavy (non-hydrogen) atoms. The van der Waals surface area contributed by atoms with E-state index >= 15 is 0 Å². The molecular weight excluding hydrogens is 442 g/mol. The highest BCUT2D eigenvalue weighted by Gasteiger charge is 2.18. The molecule has 5 heterocycles. The molecule has 0 unspecified atom stereocenters. The summed E-state index contributed by atoms with van der Waals surface area (Å²) in [5.74, 6) is 0.874. The van der Waals surface area contributed by atoms with Crippen LogP contribution in [0.3, 0.4) is 0 Å². The number of methoxy groups -OCH3 is 1. The normalized spacial score (nSPS) is 14.9. The summed E-state index contributed by atoms with van der Waals surface area (Å²) >= 11 is 1.70. The monoisotopic (exact) mass is 471 g/mol. The molecule has 0 amide bonds. The number of rotatable bonds is 6. The predicted molar refractivity (Wildman–Crippen MR) is 140 cm³/mol. The molecule has 1 fully saturated rings. The maximum atomic E-state index is 5.56. The third-order valence-electron chi connectivity index (χ3n) is 6.94. The summed E-state index contributed by atoms with van der Waals surface area (Å²) in [5.41, 5.74) is 5.50. The van der Waals surface area contributed by atoms with Crippen LogP contribution in [0, 0.1) is 0 Å². The predicted octanol–water partition coefficient (Wildman–Crippen LogP) is 5.81. The molecule has 4 aromatic heterocycles. The second-order valence-corrected chi connectivity index (χ2v) is 9.95. The Balaban J connectivity index is 1.39. The number of pyridine rings is 1. The first-order valence-electron chi connectivity index (χ1n) is 12.0. The van der Waals surface area contributed by atoms with Gasteiger partial charge in [0.15, 0.2) is 0 Å². The van der Waals surface area contributed by atoms with Crippen LogP contribution in [0.25, 0.3) is 43.8 Å². The molecule has 6 rings (SSSR count). The molecule has 0 bridgehead atoms. The minimum absolute atomic E-state index is 0.874. The Kier molecular flexibility index (Phi) is 5.59. The van der Waals surface area contributed by atoms with Crippen molar-refractivity contribution in [1.82, 2.24) is 24.0 Å². The van der Waals surface area contributed by atoms with Crippen LogP contribution in [-0.4, -0.2) is 50.7 Å². The largest absolute Gasteiger partial charge is 0.497 e. The Labute approximate surface area is 203 Å². The van der Waals surface area contributed by atoms with E-state index in [-0.39, 0.29) is 0 Å². The molecule has 1 aromatic carbocycles. The molecule has 7 heteroatoms. The standard InChI is InChI=1S/C27H29N5OS/c1-30-16-22(20-7-6-10-28-26(20)30)24-18-34-27(29-24)23-17-32(14-13-31-11-4-3-5-12-31)25-9-8-19(33-2)15-21(23)25/h6-10,15-18H,3-5,11-14H2,1-2H3. The third kappa shape index (κ3) is 3.79. The average Bonchev–Trinajstić information content (AvgIpc) is 3.59. The summed E-state index contributed by atoms with van der Waals surface area (Å²) < 4.78 is 10.0. The van der Waals surface area contributed by atoms with Gasteiger partial charge in [0, 0.05) is 71.5 Å². The van der Waals surface area contributed by atoms with Crippen molar-refractivity contribution >= 4 is 33.3 Å². The molecule has 1 aliphatic heterocycles. The van der Waals surface area contributed by atoms with Gasteiger partial charge in [0.05, 0.1) is 12.8 Å². The highest BCUT2D eigenvalue weighted by atomic mass is 32.1. The SMILES string of the molecule is COc1ccc2c(c1)c(-c1nc(-c3cn(C)c4ncccc34)cs1)cn2CCN1CCCCC1. The van der Waals surface area contributed by atoms with Gasteiger partial charge in [-0.2, -0.15) is 0 Å². The van der Waals surface area contributed by atoms with Gasteiger partial charge in [-0.05, 0) is 56.3 Å². The van der Waals surface area contributed by atoms with E-state index in [1.54, 1.807) is 18.4 Å². The van der Waals surface area contributed by atoms with Gasteiger partial charge < -0.3 is 18.8 Å². The number of benzene rings is 1. The van der Waals surface area contributed by atoms with Crippen molar-refractivity contribution in [1.29, 1.82) is 0 Å². The summed E-state index contributed by atoms with van der Waals surface area (Å²) in [6, 6.07) is 10.5. The molecule has 0 radical (unpaired) electrons. The molecule has 0 atom stereocenters. The van der Waals surface area contributed by atoms with Crippen molar-refractivity contribution in [3.63, 3.8) is 0 Å². The number of nitrogens with zero attached hydrogens (tertiary/aromatic N) is 5. The van der Waals surface area contributed by atoms with Crippen LogP contribution in [-0.2, 0) is 13.6 Å². The molecular formula is C27H29N5OS. The first-order chi connectivity index (χ1) is 16.7. The maximum Gasteiger partial charge on any atom is 0.140 e. The lowest BCUT2D eigenvalue weighted by molar-refractivity contribution is 0.222. The van der Waals surface area contributed by atoms with E-state index in [4.69, 9.17) is 9.72 Å². The number of thiazole rings is 1. The van der Waals surface area contributed by atoms with Gasteiger partial charge in [0.2, 0.25) is 0 Å². The van der Waals surface area contributed by atoms with Gasteiger partial charge in [-0.3, -0.25) is 0 Å². The number of likely N-dealkylation sites (tertiary alicyclic amines) is 1. The van der Waals surface area contributed by atoms with Crippen LogP contribution in [0.4, 0.5) is 0 Å². The summed E-state index contributed by atoms with van der Waals surface area (Å²) in [7, 11) is 3.76. The maximum absolute atomic E-state index is 5.56. The fraction of sp³-hybridized carbons (Fsp3) is 0.333. The lowest BCUT2D eigenvalue weighted by atomic mass is 10.1. The van der Waals surface area contributed by atoms with Gasteiger partial charge in [-0.25, -0.2) is 9.97 Å². The van der Waals surface area contributed by atoms with Crippen LogP contribution < -0.4 is 4.74 Å². The number of ether oxygens (including phenoxy) is 1. The highest BCUT2D eigenvalue weighted by Crippen LogP contribution is 2.38. The zero-order chi connectivity index (χ0) is 23.1. The van der Waals surface area contributed by atoms with Crippen molar-refractivity contribution in [2.45, 2.75) is 25.8 Å². The van der Waals surface area contributed by atoms with Crippen LogP contribution >= 0.6 is 11.3 Å². The Morgan fingerprint density at radius 1 is 1.00 bits per heavy atom. The summed E-state index contributed by atoms with van der Waals surface area (Å²) in [4.78, 5) is 12.2. The van der Waals surface area contributed by atoms with E-state index in [1.165, 1.54) is 48.8 Å². The van der Waals surface area contributed by atoms with E-state index in [9.17, 15) is 0 Å². The summed E-state index contributed by atoms with van der Waals surface area (Å²) in [6.07, 6.45) is 10.3. The Morgan fingerprint density at radius 2 is 1.88 bits per heavy atom. The molecule has 0 saturated carbocycles. The van der Waals surface area contributed by atoms with E-state index in [0.29, 0.717) is 0 Å². The van der Waals surface area contributed by atoms with Crippen LogP contribution in [0.5, 0.6) is 5.75 Å². The minimum atomic E-state index is 0.874. The topological polar surface area (TPSA) is 48.1 Å². The average molecular weight is 472 g/mol. The molecule has 6 nitrogen and oxygen atoms in total. The van der Waals surface area contributed by atoms with E-state index < -0.39 is 0 Å². The van der Waals surface area contributed by atoms with Gasteiger partial charge in [0.25, 0.3) is 0 Å². The van der Waals surface area contributed by atoms with E-state index in [0.717, 1.165) is 46.1 Å². The summed E-state index contributed by atoms with van der Waals surface area (Å²) in [6.45, 7) is 4.50. The van der Waals surface area contributed by atoms with Gasteiger partial charge in [-0.15, -0.1) is 11.3 Å². The van der Waals surface area contributed by atoms with Crippen LogP contribution in [0.2, 0.25) is 0 Å². The van der Waals surface area contributed by atoms with Gasteiger partial charge in [0.1, 0.15) is 16.4 Å². The highest BCUT2D eigenvalue weighted by molar-refractivity contribution is 7.13. The minimum Gasteiger partial charge on any atom is -0.497 e. The van der Waals surface area contributed by atoms with Crippen molar-refractivity contribution in [2.75, 3.05) is 26.7 Å². The molecule has 0 spiro atoms. The molecule has 0 aliphatic carbocycles. The molecule has 174 valence electrons. The van der Waals surface area contributed by atoms with Crippen molar-refractivity contribution < 1.29 is 4.74 Å². The number of aromatic nitrogens is 4. The van der Waals surface area contributed by atoms with Crippen LogP contribution in [0.1, 0.15) is 19.3 Å². The Morgan fingerprint density at radius 3 is 2.74 bits per heavy atom. The summed E-state index contributed by atoms with van der Waals surface area (Å²) in [5, 5.41) is 5.52. The lowest BCUT2D eigenvalue weighted by Gasteiger charge is -2.26. The zero-order valence-electron chi connectivity index (χ0n) is 19.7. The first kappa shape index (κ1) is 21.4. The van der Waals surface area contributed by atoms with Crippen molar-refractivity contribution in [3.05, 3.63) is 54.3 Å². The van der Waals surface area contributed by atoms with E-state index in [1.807, 2.05) is 19.3 Å². The second kappa shape index (κ2) is 8.89. The number of hydrogen-bond acceptors (Lipinski definition) is 5. The third-order valence-corrected chi connectivity index (χ3v) is 7.81. The van der Waals surface area contributed by atoms with Crippen molar-refractivity contribution in [2.24, 2.45) is 7.05 Å². The lowest BCUT2D eigenvalue weighted by Crippen LogP contribution is -2.32. The first-order valence-corrected chi connectivity index (χ1v) is 12.8. The molecule has 5 aromatic rings. The number of aryl methyl sites for hydroxylation is 1. The van der Waals surface area contributed by atoms with Gasteiger partial charge in [-0.1, -0.05) is 6.42 Å². The second-order valence-electron chi connectivity index (χ2n) is 9.09. The quantitative estimate of drug-likeness (QED) is 0.313. The molecule has 1 aliphatic rings. The van der Waals surface area contributed by atoms with E-state index in [2.05, 4.69) is 61.1 Å².